The Morgan fingerprint density at radius 1 is 1.07 bits per heavy atom. The van der Waals surface area contributed by atoms with Crippen LogP contribution in [-0.4, -0.2) is 30.2 Å². The van der Waals surface area contributed by atoms with E-state index >= 15 is 0 Å². The maximum atomic E-state index is 12.7. The number of anilines is 1. The Morgan fingerprint density at radius 3 is 2.74 bits per heavy atom. The van der Waals surface area contributed by atoms with Crippen molar-refractivity contribution in [1.29, 1.82) is 0 Å². The molecule has 0 bridgehead atoms. The molecule has 0 radical (unpaired) electrons. The van der Waals surface area contributed by atoms with E-state index in [4.69, 9.17) is 0 Å². The predicted molar refractivity (Wildman–Crippen MR) is 104 cm³/mol. The second kappa shape index (κ2) is 7.41. The van der Waals surface area contributed by atoms with E-state index < -0.39 is 0 Å². The van der Waals surface area contributed by atoms with E-state index in [9.17, 15) is 4.79 Å². The van der Waals surface area contributed by atoms with E-state index in [0.717, 1.165) is 23.1 Å². The van der Waals surface area contributed by atoms with Crippen LogP contribution in [0.2, 0.25) is 0 Å². The van der Waals surface area contributed by atoms with Gasteiger partial charge in [-0.3, -0.25) is 19.8 Å². The third-order valence-electron chi connectivity index (χ3n) is 4.45. The van der Waals surface area contributed by atoms with Crippen molar-refractivity contribution in [1.82, 2.24) is 24.3 Å². The van der Waals surface area contributed by atoms with Gasteiger partial charge in [0, 0.05) is 37.6 Å². The number of imidazole rings is 1. The van der Waals surface area contributed by atoms with Crippen molar-refractivity contribution in [3.05, 3.63) is 72.3 Å². The summed E-state index contributed by atoms with van der Waals surface area (Å²) in [5.74, 6) is 0.310. The summed E-state index contributed by atoms with van der Waals surface area (Å²) in [6, 6.07) is 15.4. The second-order valence-electron chi connectivity index (χ2n) is 6.13. The number of pyridine rings is 1. The zero-order valence-corrected chi connectivity index (χ0v) is 15.0. The average Bonchev–Trinajstić information content (AvgIpc) is 3.31. The van der Waals surface area contributed by atoms with E-state index in [2.05, 4.69) is 20.4 Å². The number of aryl methyl sites for hydroxylation is 3. The molecule has 1 amide bonds. The number of nitrogens with zero attached hydrogens (tertiary/aromatic N) is 5. The summed E-state index contributed by atoms with van der Waals surface area (Å²) in [4.78, 5) is 21.7. The molecular weight excluding hydrogens is 340 g/mol. The maximum absolute atomic E-state index is 12.7. The summed E-state index contributed by atoms with van der Waals surface area (Å²) < 4.78 is 3.69. The first kappa shape index (κ1) is 17.0. The lowest BCUT2D eigenvalue weighted by Crippen LogP contribution is -2.20. The van der Waals surface area contributed by atoms with Gasteiger partial charge in [-0.1, -0.05) is 18.2 Å². The number of fused-ring (bicyclic) bond motifs is 1. The molecule has 0 atom stereocenters. The van der Waals surface area contributed by atoms with Crippen molar-refractivity contribution in [2.45, 2.75) is 26.4 Å². The second-order valence-corrected chi connectivity index (χ2v) is 6.13. The molecule has 0 saturated heterocycles. The van der Waals surface area contributed by atoms with Gasteiger partial charge >= 0.3 is 0 Å². The molecule has 7 nitrogen and oxygen atoms in total. The lowest BCUT2D eigenvalue weighted by atomic mass is 10.2. The van der Waals surface area contributed by atoms with Gasteiger partial charge in [0.25, 0.3) is 5.91 Å². The number of benzene rings is 1. The normalized spacial score (nSPS) is 11.0. The Balaban J connectivity index is 1.64. The van der Waals surface area contributed by atoms with Gasteiger partial charge in [-0.2, -0.15) is 5.10 Å². The molecular formula is C20H20N6O. The molecule has 4 rings (SSSR count). The van der Waals surface area contributed by atoms with Crippen LogP contribution < -0.4 is 5.32 Å². The van der Waals surface area contributed by atoms with Crippen LogP contribution in [0.3, 0.4) is 0 Å². The highest BCUT2D eigenvalue weighted by molar-refractivity contribution is 6.02. The van der Waals surface area contributed by atoms with E-state index in [-0.39, 0.29) is 5.91 Å². The Labute approximate surface area is 156 Å². The zero-order chi connectivity index (χ0) is 18.6. The number of carbonyl (C=O) groups is 1. The summed E-state index contributed by atoms with van der Waals surface area (Å²) in [6.45, 7) is 3.25. The molecule has 7 heteroatoms. The van der Waals surface area contributed by atoms with Crippen LogP contribution in [0.4, 0.5) is 5.95 Å². The molecule has 0 saturated carbocycles. The molecule has 27 heavy (non-hydrogen) atoms. The highest BCUT2D eigenvalue weighted by Gasteiger charge is 2.17. The smallest absolute Gasteiger partial charge is 0.276 e. The van der Waals surface area contributed by atoms with Gasteiger partial charge in [-0.25, -0.2) is 4.98 Å². The first-order chi connectivity index (χ1) is 13.3. The van der Waals surface area contributed by atoms with E-state index in [1.165, 1.54) is 0 Å². The van der Waals surface area contributed by atoms with Gasteiger partial charge in [0.1, 0.15) is 5.69 Å². The van der Waals surface area contributed by atoms with Gasteiger partial charge in [-0.15, -0.1) is 0 Å². The van der Waals surface area contributed by atoms with E-state index in [0.29, 0.717) is 24.7 Å². The Hall–Kier alpha value is -3.48. The molecule has 1 aromatic carbocycles. The number of rotatable bonds is 6. The average molecular weight is 360 g/mol. The summed E-state index contributed by atoms with van der Waals surface area (Å²) in [5.41, 5.74) is 3.34. The fraction of sp³-hybridized carbons (Fsp3) is 0.200. The molecule has 0 spiro atoms. The van der Waals surface area contributed by atoms with Gasteiger partial charge in [0.2, 0.25) is 5.95 Å². The summed E-state index contributed by atoms with van der Waals surface area (Å²) >= 11 is 0. The minimum atomic E-state index is -0.219. The van der Waals surface area contributed by atoms with Crippen LogP contribution in [-0.2, 0) is 19.5 Å². The Kier molecular flexibility index (Phi) is 4.65. The number of amides is 1. The number of carbonyl (C=O) groups excluding carboxylic acids is 1. The van der Waals surface area contributed by atoms with Crippen LogP contribution in [0.15, 0.2) is 60.9 Å². The van der Waals surface area contributed by atoms with Crippen molar-refractivity contribution >= 4 is 22.9 Å². The summed E-state index contributed by atoms with van der Waals surface area (Å²) in [5, 5.41) is 7.10. The summed E-state index contributed by atoms with van der Waals surface area (Å²) in [6.07, 6.45) is 4.16. The lowest BCUT2D eigenvalue weighted by Gasteiger charge is -2.10. The zero-order valence-electron chi connectivity index (χ0n) is 15.0. The molecule has 0 aliphatic carbocycles. The van der Waals surface area contributed by atoms with Crippen molar-refractivity contribution < 1.29 is 4.79 Å². The van der Waals surface area contributed by atoms with Crippen LogP contribution in [0.5, 0.6) is 0 Å². The summed E-state index contributed by atoms with van der Waals surface area (Å²) in [7, 11) is 0. The van der Waals surface area contributed by atoms with Crippen LogP contribution in [0.1, 0.15) is 23.1 Å². The topological polar surface area (TPSA) is 77.6 Å². The highest BCUT2D eigenvalue weighted by Crippen LogP contribution is 2.21. The van der Waals surface area contributed by atoms with Crippen molar-refractivity contribution in [2.24, 2.45) is 0 Å². The van der Waals surface area contributed by atoms with Crippen LogP contribution in [0.25, 0.3) is 11.0 Å². The Morgan fingerprint density at radius 2 is 1.93 bits per heavy atom. The monoisotopic (exact) mass is 360 g/mol. The standard InChI is InChI=1S/C20H20N6O/c1-2-26-18(10-13-22-26)19(27)24-20-23-16-8-3-4-9-17(16)25(20)14-11-15-7-5-6-12-21-15/h3-10,12-13H,2,11,14H2,1H3,(H,23,24,27). The molecule has 3 heterocycles. The van der Waals surface area contributed by atoms with Gasteiger partial charge in [-0.05, 0) is 37.3 Å². The van der Waals surface area contributed by atoms with Gasteiger partial charge in [0.05, 0.1) is 11.0 Å². The quantitative estimate of drug-likeness (QED) is 0.573. The largest absolute Gasteiger partial charge is 0.310 e. The van der Waals surface area contributed by atoms with Crippen LogP contribution >= 0.6 is 0 Å². The molecule has 4 aromatic rings. The van der Waals surface area contributed by atoms with Crippen molar-refractivity contribution in [2.75, 3.05) is 5.32 Å². The number of para-hydroxylation sites is 2. The predicted octanol–water partition coefficient (Wildman–Crippen LogP) is 3.14. The molecule has 0 fully saturated rings. The first-order valence-corrected chi connectivity index (χ1v) is 8.94. The van der Waals surface area contributed by atoms with E-state index in [1.807, 2.05) is 54.0 Å². The molecule has 0 aliphatic heterocycles. The first-order valence-electron chi connectivity index (χ1n) is 8.94. The fourth-order valence-electron chi connectivity index (χ4n) is 3.11. The van der Waals surface area contributed by atoms with Gasteiger partial charge < -0.3 is 4.57 Å². The number of aromatic nitrogens is 5. The third kappa shape index (κ3) is 3.44. The minimum Gasteiger partial charge on any atom is -0.310 e. The lowest BCUT2D eigenvalue weighted by molar-refractivity contribution is 0.101. The molecule has 136 valence electrons. The molecule has 1 N–H and O–H groups in total. The number of nitrogens with one attached hydrogen (secondary N) is 1. The number of hydrogen-bond acceptors (Lipinski definition) is 4. The van der Waals surface area contributed by atoms with Gasteiger partial charge in [0.15, 0.2) is 0 Å². The third-order valence-corrected chi connectivity index (χ3v) is 4.45. The van der Waals surface area contributed by atoms with Crippen molar-refractivity contribution in [3.8, 4) is 0 Å². The molecule has 0 aliphatic rings. The van der Waals surface area contributed by atoms with E-state index in [1.54, 1.807) is 23.1 Å². The SMILES string of the molecule is CCn1nccc1C(=O)Nc1nc2ccccc2n1CCc1ccccn1. The fourth-order valence-corrected chi connectivity index (χ4v) is 3.11. The minimum absolute atomic E-state index is 0.219. The van der Waals surface area contributed by atoms with Crippen molar-refractivity contribution in [3.63, 3.8) is 0 Å². The molecule has 0 unspecified atom stereocenters. The Bertz CT molecular complexity index is 1070. The maximum Gasteiger partial charge on any atom is 0.276 e. The highest BCUT2D eigenvalue weighted by atomic mass is 16.2. The number of hydrogen-bond donors (Lipinski definition) is 1. The van der Waals surface area contributed by atoms with Crippen LogP contribution in [0, 0.1) is 0 Å². The molecule has 3 aromatic heterocycles.